The van der Waals surface area contributed by atoms with Gasteiger partial charge in [-0.2, -0.15) is 4.37 Å². The van der Waals surface area contributed by atoms with Crippen LogP contribution in [0.5, 0.6) is 0 Å². The molecule has 1 aliphatic rings. The second-order valence-electron chi connectivity index (χ2n) is 4.46. The van der Waals surface area contributed by atoms with Gasteiger partial charge in [0.15, 0.2) is 4.34 Å². The van der Waals surface area contributed by atoms with E-state index >= 15 is 0 Å². The van der Waals surface area contributed by atoms with Gasteiger partial charge in [0.2, 0.25) is 0 Å². The zero-order valence-corrected chi connectivity index (χ0v) is 11.0. The molecule has 3 N–H and O–H groups in total. The molecule has 1 aromatic rings. The SMILES string of the molecule is Cc1nsc(SC2CCCC(N)(CO)C2)n1. The van der Waals surface area contributed by atoms with E-state index < -0.39 is 0 Å². The Balaban J connectivity index is 1.95. The third kappa shape index (κ3) is 2.94. The highest BCUT2D eigenvalue weighted by Gasteiger charge is 2.33. The molecule has 90 valence electrons. The van der Waals surface area contributed by atoms with Crippen LogP contribution in [0.1, 0.15) is 31.5 Å². The molecule has 0 saturated heterocycles. The van der Waals surface area contributed by atoms with Gasteiger partial charge < -0.3 is 10.8 Å². The summed E-state index contributed by atoms with van der Waals surface area (Å²) < 4.78 is 5.19. The largest absolute Gasteiger partial charge is 0.394 e. The highest BCUT2D eigenvalue weighted by molar-refractivity contribution is 8.01. The van der Waals surface area contributed by atoms with Crippen molar-refractivity contribution in [2.45, 2.75) is 47.7 Å². The zero-order chi connectivity index (χ0) is 11.6. The predicted octanol–water partition coefficient (Wildman–Crippen LogP) is 1.57. The summed E-state index contributed by atoms with van der Waals surface area (Å²) in [6, 6.07) is 0. The maximum Gasteiger partial charge on any atom is 0.170 e. The number of hydrogen-bond acceptors (Lipinski definition) is 6. The number of rotatable bonds is 3. The summed E-state index contributed by atoms with van der Waals surface area (Å²) >= 11 is 3.21. The number of aromatic nitrogens is 2. The van der Waals surface area contributed by atoms with Gasteiger partial charge in [-0.25, -0.2) is 4.98 Å². The molecule has 0 amide bonds. The first-order chi connectivity index (χ1) is 7.61. The Morgan fingerprint density at radius 1 is 1.69 bits per heavy atom. The van der Waals surface area contributed by atoms with Crippen LogP contribution >= 0.6 is 23.3 Å². The average Bonchev–Trinajstić information content (AvgIpc) is 2.64. The number of thioether (sulfide) groups is 1. The van der Waals surface area contributed by atoms with Crippen LogP contribution in [0.2, 0.25) is 0 Å². The van der Waals surface area contributed by atoms with Gasteiger partial charge in [-0.1, -0.05) is 18.2 Å². The Hall–Kier alpha value is -0.170. The second kappa shape index (κ2) is 5.00. The summed E-state index contributed by atoms with van der Waals surface area (Å²) in [4.78, 5) is 4.35. The van der Waals surface area contributed by atoms with E-state index in [9.17, 15) is 5.11 Å². The summed E-state index contributed by atoms with van der Waals surface area (Å²) in [5.41, 5.74) is 5.73. The predicted molar refractivity (Wildman–Crippen MR) is 66.8 cm³/mol. The van der Waals surface area contributed by atoms with Crippen molar-refractivity contribution in [3.05, 3.63) is 5.82 Å². The molecule has 16 heavy (non-hydrogen) atoms. The van der Waals surface area contributed by atoms with Gasteiger partial charge in [0.1, 0.15) is 5.82 Å². The Bertz CT molecular complexity index is 358. The minimum atomic E-state index is -0.379. The van der Waals surface area contributed by atoms with Crippen molar-refractivity contribution in [1.29, 1.82) is 0 Å². The van der Waals surface area contributed by atoms with E-state index in [1.54, 1.807) is 11.8 Å². The number of aryl methyl sites for hydroxylation is 1. The van der Waals surface area contributed by atoms with Gasteiger partial charge in [-0.15, -0.1) is 0 Å². The molecule has 0 aliphatic heterocycles. The smallest absolute Gasteiger partial charge is 0.170 e. The first-order valence-electron chi connectivity index (χ1n) is 5.48. The fraction of sp³-hybridized carbons (Fsp3) is 0.800. The van der Waals surface area contributed by atoms with Crippen LogP contribution in [0.15, 0.2) is 4.34 Å². The van der Waals surface area contributed by atoms with Gasteiger partial charge >= 0.3 is 0 Å². The maximum atomic E-state index is 9.28. The molecule has 6 heteroatoms. The monoisotopic (exact) mass is 259 g/mol. The third-order valence-corrected chi connectivity index (χ3v) is 5.07. The van der Waals surface area contributed by atoms with E-state index in [4.69, 9.17) is 5.73 Å². The van der Waals surface area contributed by atoms with Gasteiger partial charge in [-0.3, -0.25) is 0 Å². The fourth-order valence-corrected chi connectivity index (χ4v) is 4.34. The van der Waals surface area contributed by atoms with E-state index in [0.717, 1.165) is 35.8 Å². The van der Waals surface area contributed by atoms with Crippen molar-refractivity contribution < 1.29 is 5.11 Å². The highest BCUT2D eigenvalue weighted by atomic mass is 32.2. The summed E-state index contributed by atoms with van der Waals surface area (Å²) in [7, 11) is 0. The molecular weight excluding hydrogens is 242 g/mol. The van der Waals surface area contributed by atoms with Crippen molar-refractivity contribution in [3.63, 3.8) is 0 Å². The molecular formula is C10H17N3OS2. The third-order valence-electron chi connectivity index (χ3n) is 2.93. The number of hydrogen-bond donors (Lipinski definition) is 2. The molecule has 0 radical (unpaired) electrons. The molecule has 0 bridgehead atoms. The Morgan fingerprint density at radius 3 is 3.12 bits per heavy atom. The summed E-state index contributed by atoms with van der Waals surface area (Å²) in [5.74, 6) is 0.837. The normalized spacial score (nSPS) is 30.6. The van der Waals surface area contributed by atoms with Gasteiger partial charge in [0.05, 0.1) is 6.61 Å². The maximum absolute atomic E-state index is 9.28. The lowest BCUT2D eigenvalue weighted by molar-refractivity contribution is 0.159. The molecule has 4 nitrogen and oxygen atoms in total. The lowest BCUT2D eigenvalue weighted by atomic mass is 9.83. The van der Waals surface area contributed by atoms with Crippen molar-refractivity contribution in [2.75, 3.05) is 6.61 Å². The van der Waals surface area contributed by atoms with Crippen LogP contribution in [-0.2, 0) is 0 Å². The topological polar surface area (TPSA) is 72.0 Å². The van der Waals surface area contributed by atoms with Crippen molar-refractivity contribution in [2.24, 2.45) is 5.73 Å². The Labute approximate surface area is 104 Å². The minimum Gasteiger partial charge on any atom is -0.394 e. The molecule has 1 aromatic heterocycles. The van der Waals surface area contributed by atoms with Crippen LogP contribution in [0.3, 0.4) is 0 Å². The molecule has 2 rings (SSSR count). The number of aliphatic hydroxyl groups is 1. The summed E-state index contributed by atoms with van der Waals surface area (Å²) in [6.45, 7) is 1.99. The molecule has 1 heterocycles. The zero-order valence-electron chi connectivity index (χ0n) is 9.35. The van der Waals surface area contributed by atoms with Gasteiger partial charge in [0, 0.05) is 10.8 Å². The highest BCUT2D eigenvalue weighted by Crippen LogP contribution is 2.37. The fourth-order valence-electron chi connectivity index (χ4n) is 2.05. The van der Waals surface area contributed by atoms with Crippen LogP contribution in [-0.4, -0.2) is 31.9 Å². The van der Waals surface area contributed by atoms with E-state index in [0.29, 0.717) is 5.25 Å². The Kier molecular flexibility index (Phi) is 3.84. The van der Waals surface area contributed by atoms with Crippen LogP contribution < -0.4 is 5.73 Å². The molecule has 2 unspecified atom stereocenters. The molecule has 0 spiro atoms. The molecule has 1 fully saturated rings. The van der Waals surface area contributed by atoms with E-state index in [1.165, 1.54) is 11.5 Å². The molecule has 0 aromatic carbocycles. The lowest BCUT2D eigenvalue weighted by Crippen LogP contribution is -2.48. The van der Waals surface area contributed by atoms with E-state index in [2.05, 4.69) is 9.36 Å². The van der Waals surface area contributed by atoms with Crippen LogP contribution in [0, 0.1) is 6.92 Å². The molecule has 1 aliphatic carbocycles. The number of aliphatic hydroxyl groups excluding tert-OH is 1. The average molecular weight is 259 g/mol. The quantitative estimate of drug-likeness (QED) is 0.862. The van der Waals surface area contributed by atoms with Crippen LogP contribution in [0.25, 0.3) is 0 Å². The lowest BCUT2D eigenvalue weighted by Gasteiger charge is -2.35. The summed E-state index contributed by atoms with van der Waals surface area (Å²) in [6.07, 6.45) is 4.04. The first-order valence-corrected chi connectivity index (χ1v) is 7.13. The van der Waals surface area contributed by atoms with Crippen molar-refractivity contribution in [1.82, 2.24) is 9.36 Å². The van der Waals surface area contributed by atoms with Crippen LogP contribution in [0.4, 0.5) is 0 Å². The minimum absolute atomic E-state index is 0.0825. The van der Waals surface area contributed by atoms with Crippen molar-refractivity contribution >= 4 is 23.3 Å². The van der Waals surface area contributed by atoms with E-state index in [-0.39, 0.29) is 12.1 Å². The molecule has 1 saturated carbocycles. The van der Waals surface area contributed by atoms with Crippen molar-refractivity contribution in [3.8, 4) is 0 Å². The number of nitrogens with zero attached hydrogens (tertiary/aromatic N) is 2. The first kappa shape index (κ1) is 12.3. The number of nitrogens with two attached hydrogens (primary N) is 1. The van der Waals surface area contributed by atoms with Gasteiger partial charge in [0.25, 0.3) is 0 Å². The standard InChI is InChI=1S/C10H17N3OS2/c1-7-12-9(16-13-7)15-8-3-2-4-10(11,5-8)6-14/h8,14H,2-6,11H2,1H3. The van der Waals surface area contributed by atoms with Gasteiger partial charge in [-0.05, 0) is 37.7 Å². The second-order valence-corrected chi connectivity index (χ2v) is 6.76. The summed E-state index contributed by atoms with van der Waals surface area (Å²) in [5, 5.41) is 9.75. The van der Waals surface area contributed by atoms with E-state index in [1.807, 2.05) is 6.92 Å². The molecule has 2 atom stereocenters. The Morgan fingerprint density at radius 2 is 2.50 bits per heavy atom.